The zero-order valence-electron chi connectivity index (χ0n) is 10.5. The number of hydrogen-bond donors (Lipinski definition) is 2. The lowest BCUT2D eigenvalue weighted by atomic mass is 10.0. The highest BCUT2D eigenvalue weighted by atomic mass is 19.4. The molecule has 0 saturated heterocycles. The van der Waals surface area contributed by atoms with Crippen molar-refractivity contribution in [3.05, 3.63) is 29.6 Å². The number of nitrogens with zero attached hydrogens (tertiary/aromatic N) is 1. The number of pyridine rings is 1. The second kappa shape index (κ2) is 5.24. The number of hydrogen-bond acceptors (Lipinski definition) is 3. The molecule has 102 valence electrons. The zero-order valence-corrected chi connectivity index (χ0v) is 10.5. The van der Waals surface area contributed by atoms with E-state index >= 15 is 0 Å². The van der Waals surface area contributed by atoms with Gasteiger partial charge in [-0.2, -0.15) is 13.2 Å². The van der Waals surface area contributed by atoms with Crippen LogP contribution in [0.3, 0.4) is 0 Å². The third-order valence-corrected chi connectivity index (χ3v) is 2.29. The summed E-state index contributed by atoms with van der Waals surface area (Å²) in [6, 6.07) is 2.62. The zero-order chi connectivity index (χ0) is 14.0. The van der Waals surface area contributed by atoms with Crippen molar-refractivity contribution in [2.45, 2.75) is 38.6 Å². The van der Waals surface area contributed by atoms with Crippen LogP contribution in [0, 0.1) is 0 Å². The normalized spacial score (nSPS) is 14.6. The summed E-state index contributed by atoms with van der Waals surface area (Å²) in [7, 11) is 0. The van der Waals surface area contributed by atoms with Gasteiger partial charge in [0, 0.05) is 23.8 Å². The second-order valence-corrected chi connectivity index (χ2v) is 5.09. The van der Waals surface area contributed by atoms with Crippen LogP contribution in [0.1, 0.15) is 38.1 Å². The van der Waals surface area contributed by atoms with Gasteiger partial charge in [0.05, 0.1) is 6.10 Å². The average Bonchev–Trinajstić information content (AvgIpc) is 2.24. The van der Waals surface area contributed by atoms with Gasteiger partial charge in [0.15, 0.2) is 0 Å². The smallest absolute Gasteiger partial charge is 0.387 e. The van der Waals surface area contributed by atoms with Crippen molar-refractivity contribution < 1.29 is 18.3 Å². The number of nitrogens with one attached hydrogen (secondary N) is 1. The Morgan fingerprint density at radius 2 is 1.94 bits per heavy atom. The highest BCUT2D eigenvalue weighted by Gasteiger charge is 2.36. The minimum atomic E-state index is -4.56. The lowest BCUT2D eigenvalue weighted by Gasteiger charge is -2.24. The van der Waals surface area contributed by atoms with E-state index in [-0.39, 0.29) is 17.6 Å². The maximum absolute atomic E-state index is 12.7. The third-order valence-electron chi connectivity index (χ3n) is 2.29. The first-order chi connectivity index (χ1) is 8.11. The van der Waals surface area contributed by atoms with E-state index in [1.807, 2.05) is 20.8 Å². The highest BCUT2D eigenvalue weighted by molar-refractivity contribution is 5.25. The topological polar surface area (TPSA) is 45.1 Å². The number of β-amino-alcohol motifs (C(OH)–C–C–N with tert-alkyl or cyclic N) is 1. The molecule has 0 saturated carbocycles. The third kappa shape index (κ3) is 4.27. The second-order valence-electron chi connectivity index (χ2n) is 5.09. The van der Waals surface area contributed by atoms with Gasteiger partial charge >= 0.3 is 6.18 Å². The van der Waals surface area contributed by atoms with Gasteiger partial charge in [0.1, 0.15) is 5.69 Å². The first-order valence-electron chi connectivity index (χ1n) is 5.56. The molecule has 0 aromatic carbocycles. The van der Waals surface area contributed by atoms with Crippen molar-refractivity contribution in [3.63, 3.8) is 0 Å². The van der Waals surface area contributed by atoms with Crippen molar-refractivity contribution in [1.82, 2.24) is 10.3 Å². The Hall–Kier alpha value is -1.14. The van der Waals surface area contributed by atoms with Gasteiger partial charge in [-0.3, -0.25) is 4.98 Å². The van der Waals surface area contributed by atoms with Crippen molar-refractivity contribution in [3.8, 4) is 0 Å². The first-order valence-corrected chi connectivity index (χ1v) is 5.56. The number of rotatable bonds is 3. The molecule has 2 N–H and O–H groups in total. The lowest BCUT2D eigenvalue weighted by molar-refractivity contribution is -0.142. The Balaban J connectivity index is 2.89. The van der Waals surface area contributed by atoms with E-state index in [2.05, 4.69) is 10.3 Å². The van der Waals surface area contributed by atoms with E-state index in [1.54, 1.807) is 0 Å². The Bertz CT molecular complexity index is 399. The van der Waals surface area contributed by atoms with E-state index in [1.165, 1.54) is 12.1 Å². The van der Waals surface area contributed by atoms with Gasteiger partial charge in [-0.15, -0.1) is 0 Å². The summed E-state index contributed by atoms with van der Waals surface area (Å²) < 4.78 is 38.1. The molecule has 0 bridgehead atoms. The van der Waals surface area contributed by atoms with E-state index in [0.717, 1.165) is 6.20 Å². The fourth-order valence-electron chi connectivity index (χ4n) is 1.44. The molecule has 3 nitrogen and oxygen atoms in total. The molecule has 0 amide bonds. The van der Waals surface area contributed by atoms with Crippen molar-refractivity contribution in [2.24, 2.45) is 0 Å². The maximum atomic E-state index is 12.7. The lowest BCUT2D eigenvalue weighted by Crippen LogP contribution is -2.38. The van der Waals surface area contributed by atoms with E-state index in [4.69, 9.17) is 0 Å². The Kier molecular flexibility index (Phi) is 4.34. The summed E-state index contributed by atoms with van der Waals surface area (Å²) in [5, 5.41) is 12.8. The van der Waals surface area contributed by atoms with E-state index in [9.17, 15) is 18.3 Å². The van der Waals surface area contributed by atoms with Gasteiger partial charge in [-0.05, 0) is 26.8 Å². The van der Waals surface area contributed by atoms with E-state index in [0.29, 0.717) is 0 Å². The molecule has 0 unspecified atom stereocenters. The van der Waals surface area contributed by atoms with Gasteiger partial charge in [0.2, 0.25) is 0 Å². The van der Waals surface area contributed by atoms with Gasteiger partial charge < -0.3 is 10.4 Å². The van der Waals surface area contributed by atoms with Crippen LogP contribution in [0.15, 0.2) is 18.3 Å². The Morgan fingerprint density at radius 3 is 2.44 bits per heavy atom. The van der Waals surface area contributed by atoms with Crippen LogP contribution < -0.4 is 5.32 Å². The summed E-state index contributed by atoms with van der Waals surface area (Å²) in [4.78, 5) is 3.30. The van der Waals surface area contributed by atoms with Gasteiger partial charge in [0.25, 0.3) is 0 Å². The molecule has 0 fully saturated rings. The number of halogens is 3. The van der Waals surface area contributed by atoms with Crippen molar-refractivity contribution in [2.75, 3.05) is 6.54 Å². The number of alkyl halides is 3. The highest BCUT2D eigenvalue weighted by Crippen LogP contribution is 2.32. The largest absolute Gasteiger partial charge is 0.433 e. The molecule has 0 spiro atoms. The average molecular weight is 262 g/mol. The number of aliphatic hydroxyl groups excluding tert-OH is 1. The van der Waals surface area contributed by atoms with Crippen LogP contribution in [-0.2, 0) is 6.18 Å². The monoisotopic (exact) mass is 262 g/mol. The predicted octanol–water partition coefficient (Wildman–Crippen LogP) is 2.52. The van der Waals surface area contributed by atoms with Crippen molar-refractivity contribution >= 4 is 0 Å². The molecule has 1 aromatic rings. The molecule has 1 aromatic heterocycles. The van der Waals surface area contributed by atoms with Crippen molar-refractivity contribution in [1.29, 1.82) is 0 Å². The Morgan fingerprint density at radius 1 is 1.33 bits per heavy atom. The van der Waals surface area contributed by atoms with Crippen LogP contribution in [0.5, 0.6) is 0 Å². The SMILES string of the molecule is CC(C)(C)NC[C@@H](O)c1cccnc1C(F)(F)F. The Labute approximate surface area is 104 Å². The minimum Gasteiger partial charge on any atom is -0.387 e. The summed E-state index contributed by atoms with van der Waals surface area (Å²) in [5.74, 6) is 0. The van der Waals surface area contributed by atoms with Crippen LogP contribution >= 0.6 is 0 Å². The van der Waals surface area contributed by atoms with Crippen LogP contribution in [0.4, 0.5) is 13.2 Å². The molecular formula is C12H17F3N2O. The molecule has 0 aliphatic heterocycles. The molecule has 1 rings (SSSR count). The molecule has 6 heteroatoms. The summed E-state index contributed by atoms with van der Waals surface area (Å²) in [5.41, 5.74) is -1.52. The number of aromatic nitrogens is 1. The fourth-order valence-corrected chi connectivity index (χ4v) is 1.44. The molecule has 0 aliphatic carbocycles. The van der Waals surface area contributed by atoms with E-state index < -0.39 is 18.0 Å². The number of aliphatic hydroxyl groups is 1. The van der Waals surface area contributed by atoms with Crippen LogP contribution in [-0.4, -0.2) is 22.2 Å². The summed E-state index contributed by atoms with van der Waals surface area (Å²) in [6.07, 6.45) is -4.73. The van der Waals surface area contributed by atoms with Crippen LogP contribution in [0.2, 0.25) is 0 Å². The standard InChI is InChI=1S/C12H17F3N2O/c1-11(2,3)17-7-9(18)8-5-4-6-16-10(8)12(13,14)15/h4-6,9,17-18H,7H2,1-3H3/t9-/m1/s1. The fraction of sp³-hybridized carbons (Fsp3) is 0.583. The molecule has 0 radical (unpaired) electrons. The summed E-state index contributed by atoms with van der Waals surface area (Å²) in [6.45, 7) is 5.65. The minimum absolute atomic E-state index is 0.0400. The molecule has 0 aliphatic rings. The molecular weight excluding hydrogens is 245 g/mol. The summed E-state index contributed by atoms with van der Waals surface area (Å²) >= 11 is 0. The quantitative estimate of drug-likeness (QED) is 0.879. The maximum Gasteiger partial charge on any atom is 0.433 e. The molecule has 18 heavy (non-hydrogen) atoms. The molecule has 1 heterocycles. The van der Waals surface area contributed by atoms with Gasteiger partial charge in [-0.25, -0.2) is 0 Å². The predicted molar refractivity (Wildman–Crippen MR) is 62.0 cm³/mol. The first kappa shape index (κ1) is 14.9. The molecule has 1 atom stereocenters. The van der Waals surface area contributed by atoms with Crippen LogP contribution in [0.25, 0.3) is 0 Å². The van der Waals surface area contributed by atoms with Gasteiger partial charge in [-0.1, -0.05) is 6.07 Å².